The largest absolute Gasteiger partial charge is 0.339 e. The number of amides is 1. The maximum absolute atomic E-state index is 11.4. The Morgan fingerprint density at radius 1 is 1.41 bits per heavy atom. The van der Waals surface area contributed by atoms with Crippen molar-refractivity contribution in [3.63, 3.8) is 0 Å². The topological polar surface area (TPSA) is 77.2 Å². The summed E-state index contributed by atoms with van der Waals surface area (Å²) in [5.41, 5.74) is 3.19. The number of nitrogens with one attached hydrogen (secondary N) is 1. The highest BCUT2D eigenvalue weighted by Crippen LogP contribution is 2.00. The third kappa shape index (κ3) is 3.12. The van der Waals surface area contributed by atoms with Crippen LogP contribution in [0.5, 0.6) is 0 Å². The van der Waals surface area contributed by atoms with Crippen molar-refractivity contribution in [2.75, 3.05) is 0 Å². The first-order chi connectivity index (χ1) is 8.25. The van der Waals surface area contributed by atoms with Gasteiger partial charge in [0.25, 0.3) is 5.82 Å². The molecule has 6 nitrogen and oxygen atoms in total. The van der Waals surface area contributed by atoms with Gasteiger partial charge in [-0.2, -0.15) is 4.98 Å². The van der Waals surface area contributed by atoms with Gasteiger partial charge in [-0.05, 0) is 5.56 Å². The predicted molar refractivity (Wildman–Crippen MR) is 57.7 cm³/mol. The molecule has 0 atom stereocenters. The van der Waals surface area contributed by atoms with E-state index in [1.165, 1.54) is 0 Å². The number of rotatable bonds is 4. The van der Waals surface area contributed by atoms with Crippen molar-refractivity contribution >= 4 is 5.91 Å². The van der Waals surface area contributed by atoms with Crippen molar-refractivity contribution in [1.29, 1.82) is 0 Å². The fourth-order valence-corrected chi connectivity index (χ4v) is 1.20. The molecule has 1 amide bonds. The van der Waals surface area contributed by atoms with Gasteiger partial charge in [0.2, 0.25) is 5.89 Å². The Kier molecular flexibility index (Phi) is 3.46. The van der Waals surface area contributed by atoms with Crippen LogP contribution in [0.15, 0.2) is 34.9 Å². The van der Waals surface area contributed by atoms with Crippen molar-refractivity contribution in [3.8, 4) is 0 Å². The van der Waals surface area contributed by atoms with Crippen LogP contribution in [-0.2, 0) is 11.4 Å². The standard InChI is InChI=1S/C11H11N3O3/c1-8-12-10(13-17-8)11(15)14-16-7-9-5-3-2-4-6-9/h2-6H,7H2,1H3,(H,14,15). The summed E-state index contributed by atoms with van der Waals surface area (Å²) in [6.07, 6.45) is 0. The van der Waals surface area contributed by atoms with E-state index >= 15 is 0 Å². The number of carbonyl (C=O) groups is 1. The lowest BCUT2D eigenvalue weighted by Gasteiger charge is -2.03. The van der Waals surface area contributed by atoms with Gasteiger partial charge in [-0.1, -0.05) is 35.5 Å². The van der Waals surface area contributed by atoms with Gasteiger partial charge < -0.3 is 4.52 Å². The van der Waals surface area contributed by atoms with Gasteiger partial charge in [-0.3, -0.25) is 9.63 Å². The van der Waals surface area contributed by atoms with Crippen molar-refractivity contribution in [2.24, 2.45) is 0 Å². The summed E-state index contributed by atoms with van der Waals surface area (Å²) in [7, 11) is 0. The lowest BCUT2D eigenvalue weighted by Crippen LogP contribution is -2.24. The van der Waals surface area contributed by atoms with Gasteiger partial charge in [-0.15, -0.1) is 0 Å². The molecule has 1 heterocycles. The number of hydroxylamine groups is 1. The second kappa shape index (κ2) is 5.22. The van der Waals surface area contributed by atoms with Crippen molar-refractivity contribution < 1.29 is 14.2 Å². The van der Waals surface area contributed by atoms with Crippen LogP contribution in [0.25, 0.3) is 0 Å². The summed E-state index contributed by atoms with van der Waals surface area (Å²) >= 11 is 0. The quantitative estimate of drug-likeness (QED) is 0.804. The van der Waals surface area contributed by atoms with E-state index in [1.54, 1.807) is 6.92 Å². The van der Waals surface area contributed by atoms with Crippen LogP contribution >= 0.6 is 0 Å². The third-order valence-electron chi connectivity index (χ3n) is 1.98. The summed E-state index contributed by atoms with van der Waals surface area (Å²) in [6, 6.07) is 9.48. The molecule has 6 heteroatoms. The minimum Gasteiger partial charge on any atom is -0.339 e. The van der Waals surface area contributed by atoms with Crippen LogP contribution < -0.4 is 5.48 Å². The van der Waals surface area contributed by atoms with Crippen LogP contribution in [0.1, 0.15) is 22.1 Å². The van der Waals surface area contributed by atoms with Crippen molar-refractivity contribution in [1.82, 2.24) is 15.6 Å². The Hall–Kier alpha value is -2.21. The van der Waals surface area contributed by atoms with E-state index in [1.807, 2.05) is 30.3 Å². The second-order valence-electron chi connectivity index (χ2n) is 3.34. The minimum atomic E-state index is -0.530. The van der Waals surface area contributed by atoms with E-state index in [0.717, 1.165) is 5.56 Å². The highest BCUT2D eigenvalue weighted by Gasteiger charge is 2.12. The minimum absolute atomic E-state index is 0.0458. The first-order valence-corrected chi connectivity index (χ1v) is 5.02. The summed E-state index contributed by atoms with van der Waals surface area (Å²) in [5.74, 6) is -0.244. The molecule has 88 valence electrons. The van der Waals surface area contributed by atoms with Crippen molar-refractivity contribution in [2.45, 2.75) is 13.5 Å². The van der Waals surface area contributed by atoms with Crippen LogP contribution in [-0.4, -0.2) is 16.0 Å². The zero-order valence-corrected chi connectivity index (χ0v) is 9.21. The van der Waals surface area contributed by atoms with Gasteiger partial charge in [0, 0.05) is 6.92 Å². The van der Waals surface area contributed by atoms with Crippen molar-refractivity contribution in [3.05, 3.63) is 47.6 Å². The fourth-order valence-electron chi connectivity index (χ4n) is 1.20. The average Bonchev–Trinajstić information content (AvgIpc) is 2.77. The molecular weight excluding hydrogens is 222 g/mol. The van der Waals surface area contributed by atoms with Gasteiger partial charge >= 0.3 is 5.91 Å². The normalized spacial score (nSPS) is 10.2. The molecule has 0 spiro atoms. The number of carbonyl (C=O) groups excluding carboxylic acids is 1. The molecule has 0 saturated carbocycles. The van der Waals surface area contributed by atoms with E-state index < -0.39 is 5.91 Å². The first-order valence-electron chi connectivity index (χ1n) is 5.02. The zero-order chi connectivity index (χ0) is 12.1. The van der Waals surface area contributed by atoms with E-state index in [9.17, 15) is 4.79 Å². The summed E-state index contributed by atoms with van der Waals surface area (Å²) in [6.45, 7) is 1.89. The maximum Gasteiger partial charge on any atom is 0.316 e. The molecule has 2 aromatic rings. The average molecular weight is 233 g/mol. The Labute approximate surface area is 97.5 Å². The van der Waals surface area contributed by atoms with Gasteiger partial charge in [0.05, 0.1) is 6.61 Å². The van der Waals surface area contributed by atoms with Crippen LogP contribution in [0, 0.1) is 6.92 Å². The molecule has 0 fully saturated rings. The van der Waals surface area contributed by atoms with Crippen LogP contribution in [0.4, 0.5) is 0 Å². The SMILES string of the molecule is Cc1nc(C(=O)NOCc2ccccc2)no1. The Balaban J connectivity index is 1.81. The predicted octanol–water partition coefficient (Wildman–Crippen LogP) is 1.24. The second-order valence-corrected chi connectivity index (χ2v) is 3.34. The molecule has 1 aromatic heterocycles. The smallest absolute Gasteiger partial charge is 0.316 e. The van der Waals surface area contributed by atoms with Crippen LogP contribution in [0.2, 0.25) is 0 Å². The van der Waals surface area contributed by atoms with Gasteiger partial charge in [-0.25, -0.2) is 5.48 Å². The molecule has 2 rings (SSSR count). The molecule has 17 heavy (non-hydrogen) atoms. The van der Waals surface area contributed by atoms with E-state index in [4.69, 9.17) is 4.84 Å². The Bertz CT molecular complexity index is 496. The molecule has 0 unspecified atom stereocenters. The zero-order valence-electron chi connectivity index (χ0n) is 9.21. The number of hydrogen-bond donors (Lipinski definition) is 1. The summed E-state index contributed by atoms with van der Waals surface area (Å²) in [4.78, 5) is 20.2. The third-order valence-corrected chi connectivity index (χ3v) is 1.98. The van der Waals surface area contributed by atoms with Gasteiger partial charge in [0.15, 0.2) is 0 Å². The molecule has 0 aliphatic carbocycles. The molecule has 1 N–H and O–H groups in total. The van der Waals surface area contributed by atoms with E-state index in [2.05, 4.69) is 20.1 Å². The Morgan fingerprint density at radius 2 is 2.18 bits per heavy atom. The molecule has 1 aromatic carbocycles. The monoisotopic (exact) mass is 233 g/mol. The van der Waals surface area contributed by atoms with Crippen LogP contribution in [0.3, 0.4) is 0 Å². The highest BCUT2D eigenvalue weighted by molar-refractivity contribution is 5.89. The molecule has 0 radical (unpaired) electrons. The molecule has 0 saturated heterocycles. The van der Waals surface area contributed by atoms with E-state index in [-0.39, 0.29) is 12.4 Å². The maximum atomic E-state index is 11.4. The molecule has 0 aliphatic rings. The lowest BCUT2D eigenvalue weighted by atomic mass is 10.2. The number of aromatic nitrogens is 2. The molecule has 0 bridgehead atoms. The highest BCUT2D eigenvalue weighted by atomic mass is 16.7. The number of aryl methyl sites for hydroxylation is 1. The number of benzene rings is 1. The summed E-state index contributed by atoms with van der Waals surface area (Å²) < 4.78 is 4.67. The molecular formula is C11H11N3O3. The van der Waals surface area contributed by atoms with E-state index in [0.29, 0.717) is 5.89 Å². The lowest BCUT2D eigenvalue weighted by molar-refractivity contribution is 0.0223. The Morgan fingerprint density at radius 3 is 2.82 bits per heavy atom. The number of hydrogen-bond acceptors (Lipinski definition) is 5. The number of nitrogens with zero attached hydrogens (tertiary/aromatic N) is 2. The first kappa shape index (κ1) is 11.3. The van der Waals surface area contributed by atoms with Gasteiger partial charge in [0.1, 0.15) is 0 Å². The fraction of sp³-hybridized carbons (Fsp3) is 0.182. The molecule has 0 aliphatic heterocycles. The summed E-state index contributed by atoms with van der Waals surface area (Å²) in [5, 5.41) is 3.46.